The van der Waals surface area contributed by atoms with Gasteiger partial charge in [0.15, 0.2) is 0 Å². The lowest BCUT2D eigenvalue weighted by Crippen LogP contribution is -1.88. The van der Waals surface area contributed by atoms with E-state index in [0.717, 1.165) is 28.0 Å². The van der Waals surface area contributed by atoms with Crippen LogP contribution in [0.3, 0.4) is 0 Å². The van der Waals surface area contributed by atoms with Crippen molar-refractivity contribution in [1.82, 2.24) is 4.98 Å². The third kappa shape index (κ3) is 2.33. The fraction of sp³-hybridized carbons (Fsp3) is 0. The Morgan fingerprint density at radius 3 is 2.53 bits per heavy atom. The number of nitrogens with zero attached hydrogens (tertiary/aromatic N) is 1. The van der Waals surface area contributed by atoms with E-state index in [-0.39, 0.29) is 0 Å². The molecule has 0 unspecified atom stereocenters. The molecular formula is C16H11NOS. The van der Waals surface area contributed by atoms with Crippen molar-refractivity contribution in [2.45, 2.75) is 0 Å². The number of rotatable bonds is 3. The van der Waals surface area contributed by atoms with Crippen LogP contribution in [0.5, 0.6) is 0 Å². The highest BCUT2D eigenvalue weighted by Gasteiger charge is 2.10. The normalized spacial score (nSPS) is 10.3. The molecule has 0 aliphatic rings. The summed E-state index contributed by atoms with van der Waals surface area (Å²) in [4.78, 5) is 15.3. The summed E-state index contributed by atoms with van der Waals surface area (Å²) in [5, 5.41) is 2.88. The Kier molecular flexibility index (Phi) is 3.21. The number of hydrogen-bond donors (Lipinski definition) is 0. The lowest BCUT2D eigenvalue weighted by molar-refractivity contribution is 0.112. The second kappa shape index (κ2) is 5.16. The smallest absolute Gasteiger partial charge is 0.150 e. The van der Waals surface area contributed by atoms with Crippen molar-refractivity contribution >= 4 is 17.6 Å². The van der Waals surface area contributed by atoms with E-state index in [9.17, 15) is 4.79 Å². The molecule has 0 N–H and O–H groups in total. The average molecular weight is 265 g/mol. The highest BCUT2D eigenvalue weighted by atomic mass is 32.1. The number of carbonyl (C=O) groups is 1. The molecule has 0 aliphatic heterocycles. The molecule has 19 heavy (non-hydrogen) atoms. The number of benzene rings is 2. The first-order valence-corrected chi connectivity index (χ1v) is 6.81. The summed E-state index contributed by atoms with van der Waals surface area (Å²) in [5.41, 5.74) is 3.90. The van der Waals surface area contributed by atoms with Gasteiger partial charge in [-0.15, -0.1) is 11.3 Å². The molecule has 3 heteroatoms. The molecule has 0 fully saturated rings. The van der Waals surface area contributed by atoms with E-state index < -0.39 is 0 Å². The highest BCUT2D eigenvalue weighted by molar-refractivity contribution is 7.13. The summed E-state index contributed by atoms with van der Waals surface area (Å²) in [7, 11) is 0. The lowest BCUT2D eigenvalue weighted by Gasteiger charge is -2.08. The average Bonchev–Trinajstić information content (AvgIpc) is 3.01. The van der Waals surface area contributed by atoms with Crippen molar-refractivity contribution in [3.05, 3.63) is 65.7 Å². The van der Waals surface area contributed by atoms with E-state index in [4.69, 9.17) is 0 Å². The third-order valence-electron chi connectivity index (χ3n) is 2.93. The SMILES string of the molecule is O=Cc1ccc(-c2ccccc2)c(-c2nccs2)c1. The minimum atomic E-state index is 0.671. The molecule has 0 saturated heterocycles. The molecule has 2 aromatic carbocycles. The van der Waals surface area contributed by atoms with Crippen LogP contribution in [-0.2, 0) is 0 Å². The van der Waals surface area contributed by atoms with Gasteiger partial charge in [0, 0.05) is 22.7 Å². The van der Waals surface area contributed by atoms with E-state index >= 15 is 0 Å². The maximum Gasteiger partial charge on any atom is 0.150 e. The highest BCUT2D eigenvalue weighted by Crippen LogP contribution is 2.33. The van der Waals surface area contributed by atoms with Gasteiger partial charge in [0.2, 0.25) is 0 Å². The van der Waals surface area contributed by atoms with Crippen LogP contribution in [0, 0.1) is 0 Å². The predicted molar refractivity (Wildman–Crippen MR) is 78.4 cm³/mol. The second-order valence-corrected chi connectivity index (χ2v) is 5.02. The Hall–Kier alpha value is -2.26. The zero-order valence-corrected chi connectivity index (χ0v) is 10.9. The first kappa shape index (κ1) is 11.8. The standard InChI is InChI=1S/C16H11NOS/c18-11-12-6-7-14(13-4-2-1-3-5-13)15(10-12)16-17-8-9-19-16/h1-11H. The van der Waals surface area contributed by atoms with Gasteiger partial charge in [-0.3, -0.25) is 4.79 Å². The van der Waals surface area contributed by atoms with Crippen LogP contribution in [-0.4, -0.2) is 11.3 Å². The summed E-state index contributed by atoms with van der Waals surface area (Å²) in [5.74, 6) is 0. The van der Waals surface area contributed by atoms with Crippen molar-refractivity contribution in [3.63, 3.8) is 0 Å². The first-order chi connectivity index (χ1) is 9.38. The molecule has 3 rings (SSSR count). The Balaban J connectivity index is 2.22. The molecule has 2 nitrogen and oxygen atoms in total. The molecule has 3 aromatic rings. The van der Waals surface area contributed by atoms with Gasteiger partial charge < -0.3 is 0 Å². The van der Waals surface area contributed by atoms with Crippen LogP contribution in [0.1, 0.15) is 10.4 Å². The van der Waals surface area contributed by atoms with Gasteiger partial charge in [-0.25, -0.2) is 4.98 Å². The monoisotopic (exact) mass is 265 g/mol. The van der Waals surface area contributed by atoms with Crippen LogP contribution in [0.25, 0.3) is 21.7 Å². The summed E-state index contributed by atoms with van der Waals surface area (Å²) in [6.07, 6.45) is 2.65. The topological polar surface area (TPSA) is 30.0 Å². The maximum absolute atomic E-state index is 11.0. The van der Waals surface area contributed by atoms with E-state index in [0.29, 0.717) is 5.56 Å². The molecule has 0 amide bonds. The number of aromatic nitrogens is 1. The van der Waals surface area contributed by atoms with Crippen LogP contribution in [0.15, 0.2) is 60.1 Å². The summed E-state index contributed by atoms with van der Waals surface area (Å²) >= 11 is 1.58. The van der Waals surface area contributed by atoms with E-state index in [1.54, 1.807) is 17.5 Å². The fourth-order valence-corrected chi connectivity index (χ4v) is 2.71. The van der Waals surface area contributed by atoms with Crippen LogP contribution in [0.2, 0.25) is 0 Å². The summed E-state index contributed by atoms with van der Waals surface area (Å²) < 4.78 is 0. The molecule has 1 aromatic heterocycles. The van der Waals surface area contributed by atoms with Crippen LogP contribution < -0.4 is 0 Å². The quantitative estimate of drug-likeness (QED) is 0.661. The Morgan fingerprint density at radius 1 is 1.00 bits per heavy atom. The minimum absolute atomic E-state index is 0.671. The minimum Gasteiger partial charge on any atom is -0.298 e. The number of hydrogen-bond acceptors (Lipinski definition) is 3. The molecule has 0 bridgehead atoms. The number of thiazole rings is 1. The zero-order valence-electron chi connectivity index (χ0n) is 10.1. The Labute approximate surface area is 115 Å². The molecule has 92 valence electrons. The lowest BCUT2D eigenvalue weighted by atomic mass is 9.98. The van der Waals surface area contributed by atoms with Crippen molar-refractivity contribution < 1.29 is 4.79 Å². The second-order valence-electron chi connectivity index (χ2n) is 4.13. The summed E-state index contributed by atoms with van der Waals surface area (Å²) in [6, 6.07) is 15.9. The molecule has 0 spiro atoms. The number of carbonyl (C=O) groups excluding carboxylic acids is 1. The molecule has 0 aliphatic carbocycles. The van der Waals surface area contributed by atoms with Crippen molar-refractivity contribution in [1.29, 1.82) is 0 Å². The van der Waals surface area contributed by atoms with Gasteiger partial charge in [-0.2, -0.15) is 0 Å². The van der Waals surface area contributed by atoms with Crippen molar-refractivity contribution in [2.75, 3.05) is 0 Å². The van der Waals surface area contributed by atoms with Crippen molar-refractivity contribution in [3.8, 4) is 21.7 Å². The molecule has 0 saturated carbocycles. The predicted octanol–water partition coefficient (Wildman–Crippen LogP) is 4.29. The summed E-state index contributed by atoms with van der Waals surface area (Å²) in [6.45, 7) is 0. The number of aldehydes is 1. The first-order valence-electron chi connectivity index (χ1n) is 5.93. The maximum atomic E-state index is 11.0. The van der Waals surface area contributed by atoms with Crippen molar-refractivity contribution in [2.24, 2.45) is 0 Å². The van der Waals surface area contributed by atoms with E-state index in [2.05, 4.69) is 17.1 Å². The Morgan fingerprint density at radius 2 is 1.84 bits per heavy atom. The van der Waals surface area contributed by atoms with Gasteiger partial charge in [0.25, 0.3) is 0 Å². The Bertz CT molecular complexity index is 690. The van der Waals surface area contributed by atoms with Crippen LogP contribution >= 0.6 is 11.3 Å². The molecular weight excluding hydrogens is 254 g/mol. The van der Waals surface area contributed by atoms with E-state index in [1.807, 2.05) is 41.8 Å². The molecule has 0 radical (unpaired) electrons. The van der Waals surface area contributed by atoms with Gasteiger partial charge in [-0.1, -0.05) is 42.5 Å². The van der Waals surface area contributed by atoms with E-state index in [1.165, 1.54) is 0 Å². The zero-order chi connectivity index (χ0) is 13.1. The van der Waals surface area contributed by atoms with Gasteiger partial charge in [0.1, 0.15) is 11.3 Å². The molecule has 1 heterocycles. The third-order valence-corrected chi connectivity index (χ3v) is 3.73. The van der Waals surface area contributed by atoms with Gasteiger partial charge in [0.05, 0.1) is 0 Å². The van der Waals surface area contributed by atoms with Gasteiger partial charge in [-0.05, 0) is 17.2 Å². The van der Waals surface area contributed by atoms with Crippen LogP contribution in [0.4, 0.5) is 0 Å². The van der Waals surface area contributed by atoms with Gasteiger partial charge >= 0.3 is 0 Å². The molecule has 0 atom stereocenters. The fourth-order valence-electron chi connectivity index (χ4n) is 2.04. The largest absolute Gasteiger partial charge is 0.298 e.